The van der Waals surface area contributed by atoms with Crippen LogP contribution in [0.3, 0.4) is 0 Å². The molecule has 0 fully saturated rings. The number of allylic oxidation sites excluding steroid dienone is 2. The number of rotatable bonds is 14. The van der Waals surface area contributed by atoms with E-state index in [4.69, 9.17) is 4.74 Å². The molecule has 2 nitrogen and oxygen atoms in total. The fourth-order valence-corrected chi connectivity index (χ4v) is 2.02. The molecule has 118 valence electrons. The molecule has 0 bridgehead atoms. The number of unbranched alkanes of at least 4 members (excludes halogenated alkanes) is 8. The van der Waals surface area contributed by atoms with Crippen molar-refractivity contribution in [1.29, 1.82) is 0 Å². The lowest BCUT2D eigenvalue weighted by Gasteiger charge is -2.03. The van der Waals surface area contributed by atoms with Gasteiger partial charge in [0.05, 0.1) is 6.61 Å². The molecule has 0 N–H and O–H groups in total. The molecule has 0 saturated carbocycles. The summed E-state index contributed by atoms with van der Waals surface area (Å²) in [4.78, 5) is 11.3. The van der Waals surface area contributed by atoms with E-state index >= 15 is 0 Å². The molecule has 0 amide bonds. The van der Waals surface area contributed by atoms with Gasteiger partial charge < -0.3 is 4.74 Å². The standard InChI is InChI=1S/C18H34O2/c1-3-5-7-8-9-10-11-12-13-14-15-16-18(19)20-17-6-4-2/h8-9H,3-7,10-17H2,1-2H3. The zero-order chi connectivity index (χ0) is 14.9. The maximum absolute atomic E-state index is 11.3. The number of ether oxygens (including phenoxy) is 1. The third kappa shape index (κ3) is 15.3. The van der Waals surface area contributed by atoms with Crippen molar-refractivity contribution in [2.24, 2.45) is 0 Å². The Morgan fingerprint density at radius 3 is 2.10 bits per heavy atom. The smallest absolute Gasteiger partial charge is 0.305 e. The number of hydrogen-bond donors (Lipinski definition) is 0. The number of carbonyl (C=O) groups excluding carboxylic acids is 1. The first-order valence-electron chi connectivity index (χ1n) is 8.61. The molecule has 0 aliphatic heterocycles. The summed E-state index contributed by atoms with van der Waals surface area (Å²) in [5.41, 5.74) is 0. The SMILES string of the molecule is CCCCC=CCCCCCCCC(=O)OCCCC. The van der Waals surface area contributed by atoms with Crippen LogP contribution in [-0.4, -0.2) is 12.6 Å². The Morgan fingerprint density at radius 1 is 0.800 bits per heavy atom. The highest BCUT2D eigenvalue weighted by atomic mass is 16.5. The van der Waals surface area contributed by atoms with Crippen molar-refractivity contribution in [1.82, 2.24) is 0 Å². The van der Waals surface area contributed by atoms with Crippen molar-refractivity contribution in [3.8, 4) is 0 Å². The Bertz CT molecular complexity index is 234. The van der Waals surface area contributed by atoms with Crippen molar-refractivity contribution in [2.75, 3.05) is 6.61 Å². The van der Waals surface area contributed by atoms with Gasteiger partial charge in [-0.2, -0.15) is 0 Å². The van der Waals surface area contributed by atoms with Crippen molar-refractivity contribution >= 4 is 5.97 Å². The molecule has 0 aliphatic rings. The summed E-state index contributed by atoms with van der Waals surface area (Å²) in [7, 11) is 0. The van der Waals surface area contributed by atoms with Gasteiger partial charge in [0.25, 0.3) is 0 Å². The van der Waals surface area contributed by atoms with Gasteiger partial charge in [-0.3, -0.25) is 4.79 Å². The zero-order valence-corrected chi connectivity index (χ0v) is 13.7. The highest BCUT2D eigenvalue weighted by molar-refractivity contribution is 5.69. The Balaban J connectivity index is 3.16. The first-order valence-corrected chi connectivity index (χ1v) is 8.61. The second kappa shape index (κ2) is 16.3. The van der Waals surface area contributed by atoms with E-state index in [9.17, 15) is 4.79 Å². The number of hydrogen-bond acceptors (Lipinski definition) is 2. The molecule has 0 aromatic carbocycles. The van der Waals surface area contributed by atoms with Gasteiger partial charge in [0.2, 0.25) is 0 Å². The summed E-state index contributed by atoms with van der Waals surface area (Å²) < 4.78 is 5.13. The molecule has 2 heteroatoms. The predicted molar refractivity (Wildman–Crippen MR) is 86.9 cm³/mol. The Morgan fingerprint density at radius 2 is 1.40 bits per heavy atom. The minimum Gasteiger partial charge on any atom is -0.466 e. The van der Waals surface area contributed by atoms with Gasteiger partial charge in [0, 0.05) is 6.42 Å². The summed E-state index contributed by atoms with van der Waals surface area (Å²) in [5, 5.41) is 0. The summed E-state index contributed by atoms with van der Waals surface area (Å²) in [6.45, 7) is 4.93. The summed E-state index contributed by atoms with van der Waals surface area (Å²) in [6.07, 6.45) is 18.3. The van der Waals surface area contributed by atoms with Gasteiger partial charge in [-0.05, 0) is 32.1 Å². The van der Waals surface area contributed by atoms with E-state index in [-0.39, 0.29) is 5.97 Å². The van der Waals surface area contributed by atoms with Crippen LogP contribution in [0.4, 0.5) is 0 Å². The quantitative estimate of drug-likeness (QED) is 0.228. The van der Waals surface area contributed by atoms with Crippen LogP contribution in [0.25, 0.3) is 0 Å². The minimum absolute atomic E-state index is 0.0164. The third-order valence-electron chi connectivity index (χ3n) is 3.40. The number of carbonyl (C=O) groups is 1. The van der Waals surface area contributed by atoms with E-state index in [0.717, 1.165) is 25.7 Å². The molecule has 0 aromatic heterocycles. The highest BCUT2D eigenvalue weighted by Crippen LogP contribution is 2.09. The van der Waals surface area contributed by atoms with Gasteiger partial charge in [-0.15, -0.1) is 0 Å². The molecule has 0 unspecified atom stereocenters. The fourth-order valence-electron chi connectivity index (χ4n) is 2.02. The zero-order valence-electron chi connectivity index (χ0n) is 13.7. The van der Waals surface area contributed by atoms with Crippen LogP contribution in [0.15, 0.2) is 12.2 Å². The average molecular weight is 282 g/mol. The molecule has 0 rings (SSSR count). The normalized spacial score (nSPS) is 11.1. The van der Waals surface area contributed by atoms with Gasteiger partial charge in [0.1, 0.15) is 0 Å². The van der Waals surface area contributed by atoms with E-state index in [2.05, 4.69) is 26.0 Å². The van der Waals surface area contributed by atoms with E-state index < -0.39 is 0 Å². The van der Waals surface area contributed by atoms with Crippen LogP contribution in [0.5, 0.6) is 0 Å². The number of esters is 1. The molecular weight excluding hydrogens is 248 g/mol. The van der Waals surface area contributed by atoms with Gasteiger partial charge in [0.15, 0.2) is 0 Å². The fraction of sp³-hybridized carbons (Fsp3) is 0.833. The maximum atomic E-state index is 11.3. The molecule has 0 aromatic rings. The van der Waals surface area contributed by atoms with Crippen LogP contribution in [0, 0.1) is 0 Å². The van der Waals surface area contributed by atoms with Gasteiger partial charge >= 0.3 is 5.97 Å². The van der Waals surface area contributed by atoms with Gasteiger partial charge in [-0.25, -0.2) is 0 Å². The van der Waals surface area contributed by atoms with Crippen LogP contribution in [0.2, 0.25) is 0 Å². The average Bonchev–Trinajstić information content (AvgIpc) is 2.45. The molecule has 0 aliphatic carbocycles. The maximum Gasteiger partial charge on any atom is 0.305 e. The summed E-state index contributed by atoms with van der Waals surface area (Å²) >= 11 is 0. The lowest BCUT2D eigenvalue weighted by molar-refractivity contribution is -0.143. The van der Waals surface area contributed by atoms with Crippen molar-refractivity contribution in [3.05, 3.63) is 12.2 Å². The van der Waals surface area contributed by atoms with Crippen LogP contribution in [0.1, 0.15) is 90.9 Å². The molecule has 0 heterocycles. The molecule has 20 heavy (non-hydrogen) atoms. The van der Waals surface area contributed by atoms with Gasteiger partial charge in [-0.1, -0.05) is 64.5 Å². The molecule has 0 radical (unpaired) electrons. The van der Waals surface area contributed by atoms with Crippen LogP contribution in [-0.2, 0) is 9.53 Å². The first kappa shape index (κ1) is 19.2. The summed E-state index contributed by atoms with van der Waals surface area (Å²) in [5.74, 6) is -0.0164. The Kier molecular flexibility index (Phi) is 15.6. The van der Waals surface area contributed by atoms with E-state index in [1.807, 2.05) is 0 Å². The topological polar surface area (TPSA) is 26.3 Å². The summed E-state index contributed by atoms with van der Waals surface area (Å²) in [6, 6.07) is 0. The van der Waals surface area contributed by atoms with Crippen LogP contribution < -0.4 is 0 Å². The van der Waals surface area contributed by atoms with Crippen LogP contribution >= 0.6 is 0 Å². The molecule has 0 spiro atoms. The van der Waals surface area contributed by atoms with E-state index in [1.165, 1.54) is 44.9 Å². The predicted octanol–water partition coefficient (Wildman–Crippen LogP) is 5.81. The van der Waals surface area contributed by atoms with E-state index in [1.54, 1.807) is 0 Å². The molecule has 0 saturated heterocycles. The lowest BCUT2D eigenvalue weighted by atomic mass is 10.1. The van der Waals surface area contributed by atoms with E-state index in [0.29, 0.717) is 13.0 Å². The molecule has 0 atom stereocenters. The monoisotopic (exact) mass is 282 g/mol. The largest absolute Gasteiger partial charge is 0.466 e. The van der Waals surface area contributed by atoms with Crippen molar-refractivity contribution in [2.45, 2.75) is 90.9 Å². The lowest BCUT2D eigenvalue weighted by Crippen LogP contribution is -2.05. The third-order valence-corrected chi connectivity index (χ3v) is 3.40. The van der Waals surface area contributed by atoms with Crippen molar-refractivity contribution < 1.29 is 9.53 Å². The first-order chi connectivity index (χ1) is 9.81. The Hall–Kier alpha value is -0.790. The molecular formula is C18H34O2. The second-order valence-electron chi connectivity index (χ2n) is 5.49. The minimum atomic E-state index is -0.0164. The highest BCUT2D eigenvalue weighted by Gasteiger charge is 2.01. The second-order valence-corrected chi connectivity index (χ2v) is 5.49. The Labute approximate surface area is 126 Å². The van der Waals surface area contributed by atoms with Crippen molar-refractivity contribution in [3.63, 3.8) is 0 Å².